The van der Waals surface area contributed by atoms with Gasteiger partial charge in [-0.1, -0.05) is 42.5 Å². The van der Waals surface area contributed by atoms with E-state index in [-0.39, 0.29) is 24.5 Å². The topological polar surface area (TPSA) is 96.0 Å². The summed E-state index contributed by atoms with van der Waals surface area (Å²) in [6.45, 7) is 4.33. The van der Waals surface area contributed by atoms with E-state index in [9.17, 15) is 9.59 Å². The molecule has 4 aromatic rings. The summed E-state index contributed by atoms with van der Waals surface area (Å²) >= 11 is 0. The number of rotatable bonds is 12. The van der Waals surface area contributed by atoms with Crippen LogP contribution in [0.4, 0.5) is 5.82 Å². The second kappa shape index (κ2) is 13.5. The lowest BCUT2D eigenvalue weighted by molar-refractivity contribution is -0.116. The number of hydrogen-bond acceptors (Lipinski definition) is 7. The van der Waals surface area contributed by atoms with E-state index in [1.165, 1.54) is 0 Å². The monoisotopic (exact) mass is 554 g/mol. The Bertz CT molecular complexity index is 1510. The number of Topliss-reactive ketones (excluding diaryl/α,β-unsaturated/α-hetero) is 1. The van der Waals surface area contributed by atoms with E-state index in [1.54, 1.807) is 39.5 Å². The molecule has 0 fully saturated rings. The largest absolute Gasteiger partial charge is 0.494 e. The van der Waals surface area contributed by atoms with Crippen LogP contribution in [0.1, 0.15) is 35.7 Å². The SMILES string of the molecule is CCOc1cc(C(=O)CCC(=O)Nc2cc(-c3cc(OC)c(OC)c(OC)c3)cc(-c3ccccc3)n2)ccc1C. The number of aryl methyl sites for hydroxylation is 1. The second-order valence-corrected chi connectivity index (χ2v) is 9.29. The van der Waals surface area contributed by atoms with Crippen LogP contribution in [0.15, 0.2) is 72.8 Å². The first-order valence-corrected chi connectivity index (χ1v) is 13.3. The van der Waals surface area contributed by atoms with Gasteiger partial charge in [0.15, 0.2) is 17.3 Å². The Kier molecular flexibility index (Phi) is 9.58. The summed E-state index contributed by atoms with van der Waals surface area (Å²) in [5.74, 6) is 2.08. The molecule has 0 aliphatic carbocycles. The number of carbonyl (C=O) groups is 2. The summed E-state index contributed by atoms with van der Waals surface area (Å²) in [6.07, 6.45) is 0.0615. The van der Waals surface area contributed by atoms with Crippen molar-refractivity contribution < 1.29 is 28.5 Å². The van der Waals surface area contributed by atoms with Gasteiger partial charge in [0, 0.05) is 24.0 Å². The van der Waals surface area contributed by atoms with E-state index in [0.717, 1.165) is 22.3 Å². The first-order chi connectivity index (χ1) is 19.9. The van der Waals surface area contributed by atoms with Crippen molar-refractivity contribution in [3.05, 3.63) is 83.9 Å². The molecule has 0 spiro atoms. The number of nitrogens with zero attached hydrogens (tertiary/aromatic N) is 1. The number of carbonyl (C=O) groups excluding carboxylic acids is 2. The predicted molar refractivity (Wildman–Crippen MR) is 159 cm³/mol. The molecule has 41 heavy (non-hydrogen) atoms. The lowest BCUT2D eigenvalue weighted by Gasteiger charge is -2.15. The van der Waals surface area contributed by atoms with Gasteiger partial charge in [0.1, 0.15) is 11.6 Å². The van der Waals surface area contributed by atoms with E-state index in [1.807, 2.05) is 68.4 Å². The van der Waals surface area contributed by atoms with E-state index in [0.29, 0.717) is 46.7 Å². The summed E-state index contributed by atoms with van der Waals surface area (Å²) in [4.78, 5) is 30.5. The molecule has 0 bridgehead atoms. The van der Waals surface area contributed by atoms with Crippen LogP contribution in [0.5, 0.6) is 23.0 Å². The Morgan fingerprint density at radius 1 is 0.756 bits per heavy atom. The zero-order valence-electron chi connectivity index (χ0n) is 23.9. The predicted octanol–water partition coefficient (Wildman–Crippen LogP) is 6.75. The molecule has 0 radical (unpaired) electrons. The van der Waals surface area contributed by atoms with Gasteiger partial charge in [0.05, 0.1) is 33.6 Å². The van der Waals surface area contributed by atoms with Crippen molar-refractivity contribution in [2.45, 2.75) is 26.7 Å². The number of nitrogens with one attached hydrogen (secondary N) is 1. The maximum Gasteiger partial charge on any atom is 0.225 e. The average molecular weight is 555 g/mol. The molecule has 1 aromatic heterocycles. The van der Waals surface area contributed by atoms with Gasteiger partial charge in [-0.3, -0.25) is 9.59 Å². The molecule has 0 atom stereocenters. The second-order valence-electron chi connectivity index (χ2n) is 9.29. The number of amides is 1. The summed E-state index contributed by atoms with van der Waals surface area (Å²) in [7, 11) is 4.67. The number of hydrogen-bond donors (Lipinski definition) is 1. The minimum atomic E-state index is -0.316. The van der Waals surface area contributed by atoms with Crippen molar-refractivity contribution in [1.29, 1.82) is 0 Å². The summed E-state index contributed by atoms with van der Waals surface area (Å²) < 4.78 is 22.2. The number of aromatic nitrogens is 1. The molecule has 4 rings (SSSR count). The van der Waals surface area contributed by atoms with Gasteiger partial charge in [-0.25, -0.2) is 4.98 Å². The van der Waals surface area contributed by atoms with E-state index in [4.69, 9.17) is 23.9 Å². The number of methoxy groups -OCH3 is 3. The van der Waals surface area contributed by atoms with E-state index < -0.39 is 0 Å². The van der Waals surface area contributed by atoms with E-state index >= 15 is 0 Å². The van der Waals surface area contributed by atoms with Crippen molar-refractivity contribution in [2.24, 2.45) is 0 Å². The third-order valence-electron chi connectivity index (χ3n) is 6.55. The average Bonchev–Trinajstić information content (AvgIpc) is 3.00. The number of pyridine rings is 1. The van der Waals surface area contributed by atoms with Crippen LogP contribution in [0, 0.1) is 6.92 Å². The highest BCUT2D eigenvalue weighted by Crippen LogP contribution is 2.42. The van der Waals surface area contributed by atoms with Crippen LogP contribution < -0.4 is 24.3 Å². The fourth-order valence-corrected chi connectivity index (χ4v) is 4.43. The Hall–Kier alpha value is -4.85. The molecule has 0 unspecified atom stereocenters. The summed E-state index contributed by atoms with van der Waals surface area (Å²) in [5.41, 5.74) is 4.60. The molecule has 8 nitrogen and oxygen atoms in total. The molecule has 0 saturated carbocycles. The van der Waals surface area contributed by atoms with Gasteiger partial charge in [-0.05, 0) is 60.9 Å². The third kappa shape index (κ3) is 7.03. The molecule has 1 heterocycles. The van der Waals surface area contributed by atoms with Crippen molar-refractivity contribution in [3.8, 4) is 45.4 Å². The van der Waals surface area contributed by atoms with Gasteiger partial charge < -0.3 is 24.3 Å². The maximum atomic E-state index is 13.0. The molecule has 1 N–H and O–H groups in total. The smallest absolute Gasteiger partial charge is 0.225 e. The summed E-state index contributed by atoms with van der Waals surface area (Å²) in [5, 5.41) is 2.88. The van der Waals surface area contributed by atoms with Crippen molar-refractivity contribution in [2.75, 3.05) is 33.3 Å². The number of ether oxygens (including phenoxy) is 4. The fourth-order valence-electron chi connectivity index (χ4n) is 4.43. The highest BCUT2D eigenvalue weighted by atomic mass is 16.5. The fraction of sp³-hybridized carbons (Fsp3) is 0.242. The zero-order chi connectivity index (χ0) is 29.4. The van der Waals surface area contributed by atoms with Crippen LogP contribution in [-0.4, -0.2) is 44.6 Å². The third-order valence-corrected chi connectivity index (χ3v) is 6.55. The molecule has 1 amide bonds. The highest BCUT2D eigenvalue weighted by Gasteiger charge is 2.17. The van der Waals surface area contributed by atoms with Gasteiger partial charge in [-0.2, -0.15) is 0 Å². The molecular weight excluding hydrogens is 520 g/mol. The maximum absolute atomic E-state index is 13.0. The molecule has 3 aromatic carbocycles. The van der Waals surface area contributed by atoms with E-state index in [2.05, 4.69) is 5.32 Å². The first kappa shape index (κ1) is 29.1. The van der Waals surface area contributed by atoms with Crippen molar-refractivity contribution in [3.63, 3.8) is 0 Å². The Labute approximate surface area is 240 Å². The van der Waals surface area contributed by atoms with Crippen LogP contribution in [0.2, 0.25) is 0 Å². The zero-order valence-corrected chi connectivity index (χ0v) is 23.9. The highest BCUT2D eigenvalue weighted by molar-refractivity contribution is 6.00. The quantitative estimate of drug-likeness (QED) is 0.194. The Morgan fingerprint density at radius 3 is 2.07 bits per heavy atom. The molecule has 212 valence electrons. The van der Waals surface area contributed by atoms with Crippen LogP contribution in [0.3, 0.4) is 0 Å². The molecule has 0 aliphatic rings. The molecular formula is C33H34N2O6. The lowest BCUT2D eigenvalue weighted by Crippen LogP contribution is -2.15. The first-order valence-electron chi connectivity index (χ1n) is 13.3. The number of benzene rings is 3. The van der Waals surface area contributed by atoms with Crippen LogP contribution in [0.25, 0.3) is 22.4 Å². The van der Waals surface area contributed by atoms with Crippen molar-refractivity contribution in [1.82, 2.24) is 4.98 Å². The minimum Gasteiger partial charge on any atom is -0.494 e. The van der Waals surface area contributed by atoms with Crippen molar-refractivity contribution >= 4 is 17.5 Å². The standard InChI is InChI=1S/C33H34N2O6/c1-6-41-28-17-23(13-12-21(28)2)27(36)14-15-32(37)35-31-20-24(16-26(34-31)22-10-8-7-9-11-22)25-18-29(38-3)33(40-5)30(19-25)39-4/h7-13,16-20H,6,14-15H2,1-5H3,(H,34,35,37). The van der Waals surface area contributed by atoms with Gasteiger partial charge in [0.25, 0.3) is 0 Å². The Balaban J connectivity index is 1.60. The molecule has 0 aliphatic heterocycles. The Morgan fingerprint density at radius 2 is 1.44 bits per heavy atom. The van der Waals surface area contributed by atoms with Gasteiger partial charge in [-0.15, -0.1) is 0 Å². The normalized spacial score (nSPS) is 10.6. The van der Waals surface area contributed by atoms with Gasteiger partial charge >= 0.3 is 0 Å². The lowest BCUT2D eigenvalue weighted by atomic mass is 10.0. The van der Waals surface area contributed by atoms with Gasteiger partial charge in [0.2, 0.25) is 11.7 Å². The van der Waals surface area contributed by atoms with Crippen LogP contribution in [-0.2, 0) is 4.79 Å². The molecule has 8 heteroatoms. The number of anilines is 1. The summed E-state index contributed by atoms with van der Waals surface area (Å²) in [6, 6.07) is 22.4. The van der Waals surface area contributed by atoms with Crippen LogP contribution >= 0.6 is 0 Å². The number of ketones is 1. The molecule has 0 saturated heterocycles. The minimum absolute atomic E-state index is 0.00738.